The summed E-state index contributed by atoms with van der Waals surface area (Å²) in [6.45, 7) is 17.8. The van der Waals surface area contributed by atoms with Crippen LogP contribution in [0.3, 0.4) is 0 Å². The number of carbonyl (C=O) groups is 1. The zero-order valence-electron chi connectivity index (χ0n) is 29.2. The molecule has 246 valence electrons. The molecule has 1 aromatic heterocycles. The quantitative estimate of drug-likeness (QED) is 0.118. The molecule has 0 bridgehead atoms. The number of hydrogen-bond donors (Lipinski definition) is 0. The van der Waals surface area contributed by atoms with Gasteiger partial charge in [0.05, 0.1) is 18.4 Å². The summed E-state index contributed by atoms with van der Waals surface area (Å²) in [6.07, 6.45) is 15.2. The molecule has 0 N–H and O–H groups in total. The second-order valence-corrected chi connectivity index (χ2v) is 14.5. The molecule has 3 atom stereocenters. The number of carbonyl (C=O) groups excluding carboxylic acids is 1. The van der Waals surface area contributed by atoms with Crippen molar-refractivity contribution in [1.29, 1.82) is 0 Å². The second-order valence-electron chi connectivity index (χ2n) is 14.5. The topological polar surface area (TPSA) is 66.2 Å². The predicted octanol–water partition coefficient (Wildman–Crippen LogP) is 10.1. The molecule has 0 saturated heterocycles. The lowest BCUT2D eigenvalue weighted by atomic mass is 9.83. The molecule has 0 amide bonds. The Balaban J connectivity index is 1.43. The van der Waals surface area contributed by atoms with Gasteiger partial charge in [-0.05, 0) is 75.3 Å². The fourth-order valence-electron chi connectivity index (χ4n) is 6.94. The van der Waals surface area contributed by atoms with Crippen LogP contribution in [0.15, 0.2) is 36.5 Å². The SMILES string of the molecule is CC(=O)Oc1c(C)c(C)c2c(c1Cn1nncc1-c1ccccc1)CCC(C)(CCCC(C)CCCC(C)CCCC(C)C)O2. The van der Waals surface area contributed by atoms with E-state index in [0.29, 0.717) is 12.3 Å². The zero-order valence-corrected chi connectivity index (χ0v) is 29.2. The maximum atomic E-state index is 12.2. The van der Waals surface area contributed by atoms with Crippen molar-refractivity contribution >= 4 is 5.97 Å². The van der Waals surface area contributed by atoms with Crippen LogP contribution in [0, 0.1) is 31.6 Å². The minimum Gasteiger partial charge on any atom is -0.487 e. The Bertz CT molecular complexity index is 1400. The maximum Gasteiger partial charge on any atom is 0.308 e. The first-order valence-electron chi connectivity index (χ1n) is 17.4. The van der Waals surface area contributed by atoms with Crippen LogP contribution in [0.5, 0.6) is 11.5 Å². The van der Waals surface area contributed by atoms with E-state index in [4.69, 9.17) is 9.47 Å². The summed E-state index contributed by atoms with van der Waals surface area (Å²) in [5, 5.41) is 8.66. The summed E-state index contributed by atoms with van der Waals surface area (Å²) in [6, 6.07) is 10.1. The van der Waals surface area contributed by atoms with Gasteiger partial charge >= 0.3 is 5.97 Å². The Labute approximate surface area is 272 Å². The molecule has 0 saturated carbocycles. The van der Waals surface area contributed by atoms with Crippen molar-refractivity contribution in [2.75, 3.05) is 0 Å². The highest BCUT2D eigenvalue weighted by Crippen LogP contribution is 2.46. The van der Waals surface area contributed by atoms with E-state index in [0.717, 1.165) is 76.3 Å². The van der Waals surface area contributed by atoms with Gasteiger partial charge in [-0.2, -0.15) is 0 Å². The molecule has 2 heterocycles. The van der Waals surface area contributed by atoms with Crippen LogP contribution in [0.1, 0.15) is 128 Å². The highest BCUT2D eigenvalue weighted by atomic mass is 16.5. The number of ether oxygens (including phenoxy) is 2. The summed E-state index contributed by atoms with van der Waals surface area (Å²) >= 11 is 0. The van der Waals surface area contributed by atoms with E-state index in [1.807, 2.05) is 29.8 Å². The van der Waals surface area contributed by atoms with Gasteiger partial charge in [-0.1, -0.05) is 108 Å². The molecule has 2 aromatic carbocycles. The van der Waals surface area contributed by atoms with Gasteiger partial charge in [0.25, 0.3) is 0 Å². The first kappa shape index (κ1) is 34.7. The monoisotopic (exact) mass is 615 g/mol. The number of hydrogen-bond acceptors (Lipinski definition) is 5. The highest BCUT2D eigenvalue weighted by Gasteiger charge is 2.36. The zero-order chi connectivity index (χ0) is 32.6. The van der Waals surface area contributed by atoms with Crippen molar-refractivity contribution in [3.8, 4) is 22.8 Å². The normalized spacial score (nSPS) is 17.5. The predicted molar refractivity (Wildman–Crippen MR) is 184 cm³/mol. The van der Waals surface area contributed by atoms with Gasteiger partial charge in [0, 0.05) is 23.6 Å². The molecule has 0 spiro atoms. The van der Waals surface area contributed by atoms with Gasteiger partial charge in [0.1, 0.15) is 17.1 Å². The standard InChI is InChI=1S/C39H57N3O3/c1-27(2)15-12-16-28(3)17-13-18-29(4)19-14-23-39(8)24-22-34-35(37(44-32(7)43)30(5)31(6)38(34)45-39)26-42-36(25-40-41-42)33-20-10-9-11-21-33/h9-11,20-21,25,27-29H,12-19,22-24,26H2,1-8H3. The minimum absolute atomic E-state index is 0.211. The second kappa shape index (κ2) is 15.9. The molecule has 0 radical (unpaired) electrons. The Morgan fingerprint density at radius 2 is 1.60 bits per heavy atom. The number of rotatable bonds is 16. The lowest BCUT2D eigenvalue weighted by molar-refractivity contribution is -0.132. The fraction of sp³-hybridized carbons (Fsp3) is 0.615. The molecule has 3 aromatic rings. The maximum absolute atomic E-state index is 12.2. The van der Waals surface area contributed by atoms with Crippen LogP contribution in [0.25, 0.3) is 11.3 Å². The van der Waals surface area contributed by atoms with E-state index in [9.17, 15) is 4.79 Å². The molecule has 1 aliphatic rings. The number of esters is 1. The van der Waals surface area contributed by atoms with Crippen molar-refractivity contribution in [3.63, 3.8) is 0 Å². The average Bonchev–Trinajstić information content (AvgIpc) is 3.46. The van der Waals surface area contributed by atoms with Crippen molar-refractivity contribution in [3.05, 3.63) is 58.8 Å². The Hall–Kier alpha value is -3.15. The Morgan fingerprint density at radius 1 is 0.956 bits per heavy atom. The van der Waals surface area contributed by atoms with Crippen molar-refractivity contribution < 1.29 is 14.3 Å². The first-order valence-corrected chi connectivity index (χ1v) is 17.4. The first-order chi connectivity index (χ1) is 21.5. The molecule has 45 heavy (non-hydrogen) atoms. The molecule has 6 heteroatoms. The van der Waals surface area contributed by atoms with Crippen LogP contribution in [-0.4, -0.2) is 26.6 Å². The van der Waals surface area contributed by atoms with Gasteiger partial charge in [0.15, 0.2) is 0 Å². The van der Waals surface area contributed by atoms with Crippen LogP contribution in [0.4, 0.5) is 0 Å². The largest absolute Gasteiger partial charge is 0.487 e. The molecule has 0 aliphatic carbocycles. The summed E-state index contributed by atoms with van der Waals surface area (Å²) in [5.74, 6) is 3.67. The van der Waals surface area contributed by atoms with E-state index in [2.05, 4.69) is 64.0 Å². The van der Waals surface area contributed by atoms with Crippen LogP contribution in [0.2, 0.25) is 0 Å². The van der Waals surface area contributed by atoms with Crippen LogP contribution >= 0.6 is 0 Å². The number of benzene rings is 2. The van der Waals surface area contributed by atoms with Crippen molar-refractivity contribution in [1.82, 2.24) is 15.0 Å². The lowest BCUT2D eigenvalue weighted by Crippen LogP contribution is -2.37. The van der Waals surface area contributed by atoms with Crippen molar-refractivity contribution in [2.45, 2.75) is 138 Å². The summed E-state index contributed by atoms with van der Waals surface area (Å²) < 4.78 is 14.7. The third-order valence-electron chi connectivity index (χ3n) is 9.92. The Kier molecular flexibility index (Phi) is 12.3. The summed E-state index contributed by atoms with van der Waals surface area (Å²) in [4.78, 5) is 12.2. The van der Waals surface area contributed by atoms with E-state index in [1.54, 1.807) is 6.20 Å². The highest BCUT2D eigenvalue weighted by molar-refractivity contribution is 5.72. The van der Waals surface area contributed by atoms with E-state index >= 15 is 0 Å². The molecule has 6 nitrogen and oxygen atoms in total. The summed E-state index contributed by atoms with van der Waals surface area (Å²) in [7, 11) is 0. The minimum atomic E-state index is -0.322. The summed E-state index contributed by atoms with van der Waals surface area (Å²) in [5.41, 5.74) is 5.83. The number of nitrogens with zero attached hydrogens (tertiary/aromatic N) is 3. The van der Waals surface area contributed by atoms with Crippen molar-refractivity contribution in [2.24, 2.45) is 17.8 Å². The van der Waals surface area contributed by atoms with Gasteiger partial charge < -0.3 is 9.47 Å². The lowest BCUT2D eigenvalue weighted by Gasteiger charge is -2.39. The number of fused-ring (bicyclic) bond motifs is 1. The smallest absolute Gasteiger partial charge is 0.308 e. The van der Waals surface area contributed by atoms with E-state index in [1.165, 1.54) is 58.3 Å². The average molecular weight is 616 g/mol. The van der Waals surface area contributed by atoms with Gasteiger partial charge in [0.2, 0.25) is 0 Å². The van der Waals surface area contributed by atoms with Gasteiger partial charge in [-0.15, -0.1) is 5.10 Å². The molecule has 3 unspecified atom stereocenters. The Morgan fingerprint density at radius 3 is 2.24 bits per heavy atom. The molecular weight excluding hydrogens is 558 g/mol. The fourth-order valence-corrected chi connectivity index (χ4v) is 6.94. The van der Waals surface area contributed by atoms with E-state index < -0.39 is 0 Å². The van der Waals surface area contributed by atoms with Crippen LogP contribution < -0.4 is 9.47 Å². The third-order valence-corrected chi connectivity index (χ3v) is 9.92. The molecular formula is C39H57N3O3. The molecule has 1 aliphatic heterocycles. The van der Waals surface area contributed by atoms with E-state index in [-0.39, 0.29) is 11.6 Å². The number of aromatic nitrogens is 3. The third kappa shape index (κ3) is 9.43. The molecule has 0 fully saturated rings. The van der Waals surface area contributed by atoms with Gasteiger partial charge in [-0.25, -0.2) is 4.68 Å². The van der Waals surface area contributed by atoms with Gasteiger partial charge in [-0.3, -0.25) is 4.79 Å². The van der Waals surface area contributed by atoms with Crippen LogP contribution in [-0.2, 0) is 17.8 Å². The molecule has 4 rings (SSSR count).